The molecule has 1 saturated heterocycles. The van der Waals surface area contributed by atoms with Crippen LogP contribution in [0.3, 0.4) is 0 Å². The van der Waals surface area contributed by atoms with Crippen LogP contribution in [0.1, 0.15) is 31.9 Å². The average Bonchev–Trinajstić information content (AvgIpc) is 2.50. The summed E-state index contributed by atoms with van der Waals surface area (Å²) in [4.78, 5) is 18.5. The zero-order valence-corrected chi connectivity index (χ0v) is 13.2. The Morgan fingerprint density at radius 3 is 2.86 bits per heavy atom. The van der Waals surface area contributed by atoms with E-state index in [0.29, 0.717) is 13.0 Å². The number of piperidine rings is 1. The summed E-state index contributed by atoms with van der Waals surface area (Å²) in [5, 5.41) is 14.9. The highest BCUT2D eigenvalue weighted by Gasteiger charge is 2.20. The second-order valence-corrected chi connectivity index (χ2v) is 5.91. The van der Waals surface area contributed by atoms with Gasteiger partial charge in [-0.3, -0.25) is 9.88 Å². The molecule has 2 rings (SSSR count). The number of hydrogen-bond acceptors (Lipinski definition) is 4. The monoisotopic (exact) mass is 306 g/mol. The van der Waals surface area contributed by atoms with Crippen molar-refractivity contribution in [1.82, 2.24) is 20.5 Å². The summed E-state index contributed by atoms with van der Waals surface area (Å²) in [6.45, 7) is 5.03. The van der Waals surface area contributed by atoms with Gasteiger partial charge in [0, 0.05) is 38.4 Å². The normalized spacial score (nSPS) is 17.9. The Kier molecular flexibility index (Phi) is 6.61. The van der Waals surface area contributed by atoms with Gasteiger partial charge < -0.3 is 15.7 Å². The standard InChI is InChI=1S/C16H26N4O2/c1-13(21)5-9-18-16(22)19-14-6-10-20(11-7-14)12-15-4-2-3-8-17-15/h2-4,8,13-14,21H,5-7,9-12H2,1H3,(H2,18,19,22). The van der Waals surface area contributed by atoms with Crippen LogP contribution in [0.15, 0.2) is 24.4 Å². The van der Waals surface area contributed by atoms with Gasteiger partial charge in [-0.05, 0) is 38.3 Å². The van der Waals surface area contributed by atoms with Crippen LogP contribution in [0.5, 0.6) is 0 Å². The lowest BCUT2D eigenvalue weighted by molar-refractivity contribution is 0.178. The minimum Gasteiger partial charge on any atom is -0.393 e. The van der Waals surface area contributed by atoms with Gasteiger partial charge in [-0.2, -0.15) is 0 Å². The van der Waals surface area contributed by atoms with Crippen LogP contribution < -0.4 is 10.6 Å². The van der Waals surface area contributed by atoms with E-state index in [1.807, 2.05) is 24.4 Å². The molecule has 0 aromatic carbocycles. The largest absolute Gasteiger partial charge is 0.393 e. The first kappa shape index (κ1) is 16.7. The molecule has 1 unspecified atom stereocenters. The van der Waals surface area contributed by atoms with Crippen LogP contribution in [-0.4, -0.2) is 52.8 Å². The van der Waals surface area contributed by atoms with E-state index in [9.17, 15) is 4.79 Å². The molecular weight excluding hydrogens is 280 g/mol. The van der Waals surface area contributed by atoms with Crippen molar-refractivity contribution >= 4 is 6.03 Å². The first-order chi connectivity index (χ1) is 10.6. The zero-order chi connectivity index (χ0) is 15.8. The fourth-order valence-electron chi connectivity index (χ4n) is 2.59. The van der Waals surface area contributed by atoms with Crippen LogP contribution in [0.4, 0.5) is 4.79 Å². The van der Waals surface area contributed by atoms with E-state index in [1.165, 1.54) is 0 Å². The Bertz CT molecular complexity index is 445. The minimum absolute atomic E-state index is 0.135. The Labute approximate surface area is 131 Å². The lowest BCUT2D eigenvalue weighted by atomic mass is 10.1. The molecule has 0 spiro atoms. The summed E-state index contributed by atoms with van der Waals surface area (Å²) in [6.07, 6.45) is 3.93. The van der Waals surface area contributed by atoms with Gasteiger partial charge in [-0.1, -0.05) is 6.07 Å². The highest BCUT2D eigenvalue weighted by molar-refractivity contribution is 5.74. The molecule has 2 heterocycles. The Morgan fingerprint density at radius 2 is 2.23 bits per heavy atom. The number of urea groups is 1. The van der Waals surface area contributed by atoms with E-state index in [0.717, 1.165) is 38.2 Å². The van der Waals surface area contributed by atoms with Crippen LogP contribution in [-0.2, 0) is 6.54 Å². The first-order valence-electron chi connectivity index (χ1n) is 7.98. The molecule has 3 N–H and O–H groups in total. The van der Waals surface area contributed by atoms with Crippen molar-refractivity contribution in [1.29, 1.82) is 0 Å². The van der Waals surface area contributed by atoms with Crippen molar-refractivity contribution in [2.24, 2.45) is 0 Å². The molecule has 1 fully saturated rings. The van der Waals surface area contributed by atoms with Crippen molar-refractivity contribution in [3.05, 3.63) is 30.1 Å². The number of amides is 2. The predicted molar refractivity (Wildman–Crippen MR) is 85.4 cm³/mol. The summed E-state index contributed by atoms with van der Waals surface area (Å²) in [5.74, 6) is 0. The Morgan fingerprint density at radius 1 is 1.45 bits per heavy atom. The van der Waals surface area contributed by atoms with Crippen molar-refractivity contribution in [2.45, 2.75) is 44.9 Å². The number of carbonyl (C=O) groups excluding carboxylic acids is 1. The summed E-state index contributed by atoms with van der Waals surface area (Å²) < 4.78 is 0. The van der Waals surface area contributed by atoms with Crippen molar-refractivity contribution in [3.8, 4) is 0 Å². The van der Waals surface area contributed by atoms with Gasteiger partial charge in [0.15, 0.2) is 0 Å². The number of aliphatic hydroxyl groups is 1. The van der Waals surface area contributed by atoms with E-state index < -0.39 is 0 Å². The lowest BCUT2D eigenvalue weighted by Crippen LogP contribution is -2.48. The number of likely N-dealkylation sites (tertiary alicyclic amines) is 1. The quantitative estimate of drug-likeness (QED) is 0.736. The van der Waals surface area contributed by atoms with Gasteiger partial charge in [0.2, 0.25) is 0 Å². The fraction of sp³-hybridized carbons (Fsp3) is 0.625. The number of aliphatic hydroxyl groups excluding tert-OH is 1. The van der Waals surface area contributed by atoms with E-state index in [1.54, 1.807) is 6.92 Å². The molecule has 22 heavy (non-hydrogen) atoms. The fourth-order valence-corrected chi connectivity index (χ4v) is 2.59. The molecule has 122 valence electrons. The molecule has 0 aliphatic carbocycles. The number of pyridine rings is 1. The number of aromatic nitrogens is 1. The maximum atomic E-state index is 11.7. The molecule has 1 aromatic rings. The van der Waals surface area contributed by atoms with Crippen molar-refractivity contribution in [3.63, 3.8) is 0 Å². The van der Waals surface area contributed by atoms with Crippen LogP contribution >= 0.6 is 0 Å². The summed E-state index contributed by atoms with van der Waals surface area (Å²) in [5.41, 5.74) is 1.09. The molecule has 6 heteroatoms. The van der Waals surface area contributed by atoms with E-state index >= 15 is 0 Å². The molecule has 1 atom stereocenters. The molecule has 0 radical (unpaired) electrons. The van der Waals surface area contributed by atoms with Gasteiger partial charge in [0.25, 0.3) is 0 Å². The van der Waals surface area contributed by atoms with E-state index in [-0.39, 0.29) is 18.2 Å². The third-order valence-corrected chi connectivity index (χ3v) is 3.88. The molecule has 1 aliphatic heterocycles. The molecular formula is C16H26N4O2. The molecule has 0 saturated carbocycles. The smallest absolute Gasteiger partial charge is 0.315 e. The van der Waals surface area contributed by atoms with Crippen LogP contribution in [0.25, 0.3) is 0 Å². The van der Waals surface area contributed by atoms with E-state index in [2.05, 4.69) is 20.5 Å². The molecule has 1 aromatic heterocycles. The van der Waals surface area contributed by atoms with Gasteiger partial charge >= 0.3 is 6.03 Å². The second-order valence-electron chi connectivity index (χ2n) is 5.91. The Hall–Kier alpha value is -1.66. The third-order valence-electron chi connectivity index (χ3n) is 3.88. The molecule has 6 nitrogen and oxygen atoms in total. The third kappa shape index (κ3) is 5.99. The summed E-state index contributed by atoms with van der Waals surface area (Å²) in [6, 6.07) is 6.07. The first-order valence-corrected chi connectivity index (χ1v) is 7.98. The van der Waals surface area contributed by atoms with E-state index in [4.69, 9.17) is 5.11 Å². The predicted octanol–water partition coefficient (Wildman–Crippen LogP) is 1.12. The highest BCUT2D eigenvalue weighted by Crippen LogP contribution is 2.12. The Balaban J connectivity index is 1.63. The molecule has 0 bridgehead atoms. The topological polar surface area (TPSA) is 77.5 Å². The maximum absolute atomic E-state index is 11.7. The molecule has 2 amide bonds. The number of rotatable bonds is 6. The van der Waals surface area contributed by atoms with Crippen LogP contribution in [0, 0.1) is 0 Å². The van der Waals surface area contributed by atoms with Gasteiger partial charge in [-0.25, -0.2) is 4.79 Å². The SMILES string of the molecule is CC(O)CCNC(=O)NC1CCN(Cc2ccccn2)CC1. The summed E-state index contributed by atoms with van der Waals surface area (Å²) >= 11 is 0. The van der Waals surface area contributed by atoms with Crippen molar-refractivity contribution < 1.29 is 9.90 Å². The maximum Gasteiger partial charge on any atom is 0.315 e. The van der Waals surface area contributed by atoms with Gasteiger partial charge in [0.1, 0.15) is 0 Å². The number of nitrogens with zero attached hydrogens (tertiary/aromatic N) is 2. The average molecular weight is 306 g/mol. The van der Waals surface area contributed by atoms with Gasteiger partial charge in [0.05, 0.1) is 11.8 Å². The highest BCUT2D eigenvalue weighted by atomic mass is 16.3. The number of hydrogen-bond donors (Lipinski definition) is 3. The zero-order valence-electron chi connectivity index (χ0n) is 13.2. The lowest BCUT2D eigenvalue weighted by Gasteiger charge is -2.32. The minimum atomic E-state index is -0.380. The van der Waals surface area contributed by atoms with Crippen LogP contribution in [0.2, 0.25) is 0 Å². The molecule has 1 aliphatic rings. The van der Waals surface area contributed by atoms with Gasteiger partial charge in [-0.15, -0.1) is 0 Å². The number of nitrogens with one attached hydrogen (secondary N) is 2. The van der Waals surface area contributed by atoms with Crippen molar-refractivity contribution in [2.75, 3.05) is 19.6 Å². The number of carbonyl (C=O) groups is 1. The summed E-state index contributed by atoms with van der Waals surface area (Å²) in [7, 11) is 0. The second kappa shape index (κ2) is 8.70.